The first kappa shape index (κ1) is 23.6. The van der Waals surface area contributed by atoms with Gasteiger partial charge in [0.1, 0.15) is 5.75 Å². The molecule has 0 bridgehead atoms. The van der Waals surface area contributed by atoms with Crippen molar-refractivity contribution in [3.8, 4) is 17.1 Å². The summed E-state index contributed by atoms with van der Waals surface area (Å²) in [6.45, 7) is 1.73. The van der Waals surface area contributed by atoms with E-state index in [1.165, 1.54) is 11.9 Å². The van der Waals surface area contributed by atoms with E-state index in [0.717, 1.165) is 10.6 Å². The van der Waals surface area contributed by atoms with Crippen molar-refractivity contribution in [3.63, 3.8) is 0 Å². The molecule has 0 unspecified atom stereocenters. The number of nitrogens with zero attached hydrogens (tertiary/aromatic N) is 4. The number of carbonyl (C=O) groups excluding carboxylic acids is 1. The van der Waals surface area contributed by atoms with Crippen LogP contribution in [-0.2, 0) is 21.4 Å². The van der Waals surface area contributed by atoms with E-state index in [1.54, 1.807) is 56.4 Å². The molecule has 2 aromatic carbocycles. The summed E-state index contributed by atoms with van der Waals surface area (Å²) in [5, 5.41) is 4.49. The van der Waals surface area contributed by atoms with Gasteiger partial charge in [0.2, 0.25) is 21.7 Å². The number of aromatic nitrogens is 2. The van der Waals surface area contributed by atoms with E-state index in [9.17, 15) is 13.2 Å². The molecule has 1 heterocycles. The van der Waals surface area contributed by atoms with Crippen molar-refractivity contribution < 1.29 is 22.5 Å². The lowest BCUT2D eigenvalue weighted by Gasteiger charge is -2.21. The van der Waals surface area contributed by atoms with Crippen molar-refractivity contribution in [1.82, 2.24) is 15.0 Å². The summed E-state index contributed by atoms with van der Waals surface area (Å²) in [4.78, 5) is 18.4. The number of benzene rings is 2. The van der Waals surface area contributed by atoms with E-state index < -0.39 is 16.1 Å². The fourth-order valence-electron chi connectivity index (χ4n) is 2.84. The van der Waals surface area contributed by atoms with Gasteiger partial charge in [-0.15, -0.1) is 0 Å². The second-order valence-electron chi connectivity index (χ2n) is 7.20. The number of hydrogen-bond donors (Lipinski definition) is 0. The molecule has 0 saturated carbocycles. The zero-order valence-corrected chi connectivity index (χ0v) is 19.6. The van der Waals surface area contributed by atoms with E-state index in [4.69, 9.17) is 20.9 Å². The topological polar surface area (TPSA) is 106 Å². The first-order chi connectivity index (χ1) is 15.0. The van der Waals surface area contributed by atoms with Crippen molar-refractivity contribution in [2.45, 2.75) is 19.6 Å². The van der Waals surface area contributed by atoms with Crippen LogP contribution in [0.1, 0.15) is 12.8 Å². The van der Waals surface area contributed by atoms with E-state index in [0.29, 0.717) is 27.8 Å². The predicted molar refractivity (Wildman–Crippen MR) is 121 cm³/mol. The molecule has 11 heteroatoms. The van der Waals surface area contributed by atoms with Crippen molar-refractivity contribution in [3.05, 3.63) is 59.4 Å². The second-order valence-corrected chi connectivity index (χ2v) is 9.65. The first-order valence-electron chi connectivity index (χ1n) is 9.58. The van der Waals surface area contributed by atoms with E-state index in [1.807, 2.05) is 6.07 Å². The first-order valence-corrected chi connectivity index (χ1v) is 11.8. The molecule has 170 valence electrons. The maximum atomic E-state index is 12.7. The van der Waals surface area contributed by atoms with Gasteiger partial charge < -0.3 is 14.2 Å². The molecular formula is C21H23ClN4O5S. The fraction of sp³-hybridized carbons (Fsp3) is 0.286. The van der Waals surface area contributed by atoms with Crippen LogP contribution in [0, 0.1) is 0 Å². The molecule has 1 atom stereocenters. The Morgan fingerprint density at radius 3 is 2.50 bits per heavy atom. The maximum Gasteiger partial charge on any atom is 0.263 e. The molecule has 0 aliphatic heterocycles. The van der Waals surface area contributed by atoms with Crippen LogP contribution < -0.4 is 9.04 Å². The predicted octanol–water partition coefficient (Wildman–Crippen LogP) is 3.21. The van der Waals surface area contributed by atoms with Crippen LogP contribution in [0.25, 0.3) is 11.4 Å². The van der Waals surface area contributed by atoms with E-state index >= 15 is 0 Å². The minimum atomic E-state index is -3.36. The molecule has 0 radical (unpaired) electrons. The number of sulfonamides is 1. The molecule has 0 aliphatic rings. The monoisotopic (exact) mass is 478 g/mol. The van der Waals surface area contributed by atoms with Gasteiger partial charge in [0.15, 0.2) is 6.10 Å². The Morgan fingerprint density at radius 1 is 1.19 bits per heavy atom. The van der Waals surface area contributed by atoms with Crippen molar-refractivity contribution in [2.75, 3.05) is 24.7 Å². The molecule has 3 rings (SSSR count). The second kappa shape index (κ2) is 9.58. The third kappa shape index (κ3) is 5.77. The third-order valence-corrected chi connectivity index (χ3v) is 6.10. The Labute approximate surface area is 191 Å². The van der Waals surface area contributed by atoms with Crippen LogP contribution >= 0.6 is 11.6 Å². The number of carbonyl (C=O) groups is 1. The average Bonchev–Trinajstić information content (AvgIpc) is 3.21. The van der Waals surface area contributed by atoms with Gasteiger partial charge in [0.25, 0.3) is 5.91 Å². The lowest BCUT2D eigenvalue weighted by Crippen LogP contribution is -2.37. The number of ether oxygens (including phenoxy) is 1. The van der Waals surface area contributed by atoms with Crippen molar-refractivity contribution in [1.29, 1.82) is 0 Å². The van der Waals surface area contributed by atoms with Gasteiger partial charge in [0, 0.05) is 24.7 Å². The van der Waals surface area contributed by atoms with Gasteiger partial charge in [0.05, 0.1) is 18.5 Å². The van der Waals surface area contributed by atoms with Gasteiger partial charge >= 0.3 is 0 Å². The minimum absolute atomic E-state index is 0.109. The van der Waals surface area contributed by atoms with Gasteiger partial charge in [-0.3, -0.25) is 9.10 Å². The Hall–Kier alpha value is -3.11. The Morgan fingerprint density at radius 2 is 1.88 bits per heavy atom. The summed E-state index contributed by atoms with van der Waals surface area (Å²) in [5.41, 5.74) is 1.20. The molecule has 0 N–H and O–H groups in total. The third-order valence-electron chi connectivity index (χ3n) is 4.66. The fourth-order valence-corrected chi connectivity index (χ4v) is 3.53. The maximum absolute atomic E-state index is 12.7. The van der Waals surface area contributed by atoms with Crippen LogP contribution in [0.15, 0.2) is 53.1 Å². The Bertz CT molecular complexity index is 1200. The minimum Gasteiger partial charge on any atom is -0.481 e. The summed E-state index contributed by atoms with van der Waals surface area (Å²) in [6.07, 6.45) is 0.337. The number of hydrogen-bond acceptors (Lipinski definition) is 7. The average molecular weight is 479 g/mol. The number of rotatable bonds is 8. The Kier molecular flexibility index (Phi) is 7.05. The molecule has 0 fully saturated rings. The molecular weight excluding hydrogens is 456 g/mol. The van der Waals surface area contributed by atoms with Crippen LogP contribution in [0.3, 0.4) is 0 Å². The van der Waals surface area contributed by atoms with Gasteiger partial charge in [-0.1, -0.05) is 28.9 Å². The number of anilines is 1. The molecule has 1 aromatic heterocycles. The van der Waals surface area contributed by atoms with Crippen LogP contribution in [-0.4, -0.2) is 55.8 Å². The standard InChI is InChI=1S/C21H23ClN4O5S/c1-14(30-18-10-8-17(9-11-18)26(3)32(4,28)29)21(27)25(2)13-19-23-20(24-31-19)15-6-5-7-16(22)12-15/h5-12,14H,13H2,1-4H3/t14-/m0/s1. The summed E-state index contributed by atoms with van der Waals surface area (Å²) in [5.74, 6) is 0.804. The highest BCUT2D eigenvalue weighted by atomic mass is 35.5. The molecule has 1 amide bonds. The largest absolute Gasteiger partial charge is 0.481 e. The molecule has 3 aromatic rings. The van der Waals surface area contributed by atoms with Gasteiger partial charge in [-0.05, 0) is 43.3 Å². The quantitative estimate of drug-likeness (QED) is 0.489. The lowest BCUT2D eigenvalue weighted by molar-refractivity contribution is -0.137. The summed E-state index contributed by atoms with van der Waals surface area (Å²) < 4.78 is 35.4. The van der Waals surface area contributed by atoms with Crippen LogP contribution in [0.4, 0.5) is 5.69 Å². The SMILES string of the molecule is C[C@H](Oc1ccc(N(C)S(C)(=O)=O)cc1)C(=O)N(C)Cc1nc(-c2cccc(Cl)c2)no1. The summed E-state index contributed by atoms with van der Waals surface area (Å²) >= 11 is 5.99. The van der Waals surface area contributed by atoms with Crippen molar-refractivity contribution >= 4 is 33.2 Å². The molecule has 9 nitrogen and oxygen atoms in total. The van der Waals surface area contributed by atoms with E-state index in [2.05, 4.69) is 10.1 Å². The molecule has 0 saturated heterocycles. The zero-order chi connectivity index (χ0) is 23.5. The highest BCUT2D eigenvalue weighted by Crippen LogP contribution is 2.22. The molecule has 32 heavy (non-hydrogen) atoms. The highest BCUT2D eigenvalue weighted by molar-refractivity contribution is 7.92. The highest BCUT2D eigenvalue weighted by Gasteiger charge is 2.22. The lowest BCUT2D eigenvalue weighted by atomic mass is 10.2. The van der Waals surface area contributed by atoms with Crippen LogP contribution in [0.2, 0.25) is 5.02 Å². The molecule has 0 spiro atoms. The normalized spacial score (nSPS) is 12.3. The summed E-state index contributed by atoms with van der Waals surface area (Å²) in [7, 11) is -0.292. The number of halogens is 1. The molecule has 0 aliphatic carbocycles. The number of amides is 1. The smallest absolute Gasteiger partial charge is 0.263 e. The van der Waals surface area contributed by atoms with Gasteiger partial charge in [-0.25, -0.2) is 8.42 Å². The summed E-state index contributed by atoms with van der Waals surface area (Å²) in [6, 6.07) is 13.5. The van der Waals surface area contributed by atoms with Gasteiger partial charge in [-0.2, -0.15) is 4.98 Å². The Balaban J connectivity index is 1.60. The number of likely N-dealkylation sites (N-methyl/N-ethyl adjacent to an activating group) is 1. The van der Waals surface area contributed by atoms with Crippen LogP contribution in [0.5, 0.6) is 5.75 Å². The van der Waals surface area contributed by atoms with E-state index in [-0.39, 0.29) is 18.3 Å². The van der Waals surface area contributed by atoms with Crippen molar-refractivity contribution in [2.24, 2.45) is 0 Å². The zero-order valence-electron chi connectivity index (χ0n) is 18.0.